The summed E-state index contributed by atoms with van der Waals surface area (Å²) in [6.45, 7) is 0. The number of thioether (sulfide) groups is 1. The van der Waals surface area contributed by atoms with Gasteiger partial charge in [-0.15, -0.1) is 0 Å². The maximum Gasteiger partial charge on any atom is 0.335 e. The van der Waals surface area contributed by atoms with Crippen LogP contribution in [0.3, 0.4) is 0 Å². The zero-order valence-electron chi connectivity index (χ0n) is 14.5. The summed E-state index contributed by atoms with van der Waals surface area (Å²) in [4.78, 5) is 25.8. The van der Waals surface area contributed by atoms with E-state index in [2.05, 4.69) is 0 Å². The molecule has 6 nitrogen and oxygen atoms in total. The van der Waals surface area contributed by atoms with Crippen LogP contribution in [0.5, 0.6) is 11.5 Å². The van der Waals surface area contributed by atoms with Crippen LogP contribution in [0.2, 0.25) is 0 Å². The number of carboxylic acid groups (broad SMARTS) is 1. The number of rotatable bonds is 5. The predicted molar refractivity (Wildman–Crippen MR) is 109 cm³/mol. The van der Waals surface area contributed by atoms with Crippen LogP contribution in [0, 0.1) is 0 Å². The molecule has 1 amide bonds. The number of thiocarbonyl (C=S) groups is 1. The number of benzene rings is 2. The second-order valence-corrected chi connectivity index (χ2v) is 7.16. The molecule has 0 spiro atoms. The van der Waals surface area contributed by atoms with E-state index in [0.29, 0.717) is 32.0 Å². The SMILES string of the molecule is COc1ccc(C=C2SC(=S)N(c3cccc(C(=O)O)c3)C2=O)c(OC)c1. The number of amides is 1. The van der Waals surface area contributed by atoms with E-state index < -0.39 is 5.97 Å². The molecule has 8 heteroatoms. The van der Waals surface area contributed by atoms with Crippen molar-refractivity contribution in [3.05, 3.63) is 58.5 Å². The minimum Gasteiger partial charge on any atom is -0.497 e. The molecule has 2 aromatic carbocycles. The van der Waals surface area contributed by atoms with Gasteiger partial charge in [0.1, 0.15) is 11.5 Å². The molecule has 0 saturated carbocycles. The van der Waals surface area contributed by atoms with Gasteiger partial charge in [0.15, 0.2) is 4.32 Å². The third kappa shape index (κ3) is 3.81. The summed E-state index contributed by atoms with van der Waals surface area (Å²) in [7, 11) is 3.10. The van der Waals surface area contributed by atoms with Crippen molar-refractivity contribution in [2.75, 3.05) is 19.1 Å². The lowest BCUT2D eigenvalue weighted by molar-refractivity contribution is -0.113. The van der Waals surface area contributed by atoms with E-state index in [-0.39, 0.29) is 11.5 Å². The molecule has 27 heavy (non-hydrogen) atoms. The molecule has 0 radical (unpaired) electrons. The summed E-state index contributed by atoms with van der Waals surface area (Å²) in [5.41, 5.74) is 1.21. The van der Waals surface area contributed by atoms with Gasteiger partial charge < -0.3 is 14.6 Å². The molecule has 0 atom stereocenters. The summed E-state index contributed by atoms with van der Waals surface area (Å²) in [5.74, 6) is -0.180. The van der Waals surface area contributed by atoms with E-state index >= 15 is 0 Å². The average Bonchev–Trinajstić information content (AvgIpc) is 2.95. The maximum absolute atomic E-state index is 12.9. The first kappa shape index (κ1) is 18.9. The lowest BCUT2D eigenvalue weighted by atomic mass is 10.1. The standard InChI is InChI=1S/C19H15NO5S2/c1-24-14-7-6-11(15(10-14)25-2)9-16-17(21)20(19(26)27-16)13-5-3-4-12(8-13)18(22)23/h3-10H,1-2H3,(H,22,23). The number of nitrogens with zero attached hydrogens (tertiary/aromatic N) is 1. The van der Waals surface area contributed by atoms with Gasteiger partial charge in [0.2, 0.25) is 0 Å². The minimum atomic E-state index is -1.07. The fraction of sp³-hybridized carbons (Fsp3) is 0.105. The Morgan fingerprint density at radius 2 is 1.96 bits per heavy atom. The van der Waals surface area contributed by atoms with Crippen molar-refractivity contribution in [3.8, 4) is 11.5 Å². The summed E-state index contributed by atoms with van der Waals surface area (Å²) in [6, 6.07) is 11.4. The number of anilines is 1. The summed E-state index contributed by atoms with van der Waals surface area (Å²) < 4.78 is 10.9. The Morgan fingerprint density at radius 1 is 1.19 bits per heavy atom. The zero-order valence-corrected chi connectivity index (χ0v) is 16.1. The Hall–Kier alpha value is -2.84. The van der Waals surface area contributed by atoms with Crippen LogP contribution in [-0.4, -0.2) is 35.5 Å². The van der Waals surface area contributed by atoms with Gasteiger partial charge in [0, 0.05) is 11.6 Å². The fourth-order valence-corrected chi connectivity index (χ4v) is 3.84. The Kier molecular flexibility index (Phi) is 5.48. The third-order valence-corrected chi connectivity index (χ3v) is 5.17. The molecule has 1 aliphatic heterocycles. The van der Waals surface area contributed by atoms with E-state index in [0.717, 1.165) is 11.8 Å². The van der Waals surface area contributed by atoms with E-state index in [1.54, 1.807) is 43.5 Å². The smallest absolute Gasteiger partial charge is 0.335 e. The molecule has 1 aliphatic rings. The molecule has 0 unspecified atom stereocenters. The lowest BCUT2D eigenvalue weighted by Gasteiger charge is -2.14. The van der Waals surface area contributed by atoms with Crippen LogP contribution in [0.1, 0.15) is 15.9 Å². The van der Waals surface area contributed by atoms with Crippen molar-refractivity contribution in [1.29, 1.82) is 0 Å². The highest BCUT2D eigenvalue weighted by Crippen LogP contribution is 2.37. The molecule has 1 fully saturated rings. The van der Waals surface area contributed by atoms with Crippen LogP contribution in [0.15, 0.2) is 47.4 Å². The van der Waals surface area contributed by atoms with Crippen LogP contribution >= 0.6 is 24.0 Å². The number of aromatic carboxylic acids is 1. The van der Waals surface area contributed by atoms with Gasteiger partial charge in [-0.3, -0.25) is 9.69 Å². The molecular formula is C19H15NO5S2. The number of hydrogen-bond acceptors (Lipinski definition) is 6. The summed E-state index contributed by atoms with van der Waals surface area (Å²) in [6.07, 6.45) is 1.69. The molecule has 138 valence electrons. The first-order chi connectivity index (χ1) is 12.9. The van der Waals surface area contributed by atoms with Gasteiger partial charge >= 0.3 is 5.97 Å². The molecule has 1 N–H and O–H groups in total. The third-order valence-electron chi connectivity index (χ3n) is 3.87. The first-order valence-electron chi connectivity index (χ1n) is 7.78. The molecule has 0 aromatic heterocycles. The molecule has 1 saturated heterocycles. The lowest BCUT2D eigenvalue weighted by Crippen LogP contribution is -2.27. The molecular weight excluding hydrogens is 386 g/mol. The Morgan fingerprint density at radius 3 is 2.63 bits per heavy atom. The molecule has 0 bridgehead atoms. The normalized spacial score (nSPS) is 15.3. The largest absolute Gasteiger partial charge is 0.497 e. The number of ether oxygens (including phenoxy) is 2. The van der Waals surface area contributed by atoms with Crippen molar-refractivity contribution < 1.29 is 24.2 Å². The summed E-state index contributed by atoms with van der Waals surface area (Å²) >= 11 is 6.48. The van der Waals surface area contributed by atoms with E-state index in [1.165, 1.54) is 24.1 Å². The fourth-order valence-electron chi connectivity index (χ4n) is 2.55. The van der Waals surface area contributed by atoms with Crippen LogP contribution in [0.25, 0.3) is 6.08 Å². The Bertz CT molecular complexity index is 970. The predicted octanol–water partition coefficient (Wildman–Crippen LogP) is 3.81. The molecule has 0 aliphatic carbocycles. The number of carbonyl (C=O) groups is 2. The average molecular weight is 401 g/mol. The summed E-state index contributed by atoms with van der Waals surface area (Å²) in [5, 5.41) is 9.15. The van der Waals surface area contributed by atoms with Gasteiger partial charge in [-0.2, -0.15) is 0 Å². The van der Waals surface area contributed by atoms with Crippen LogP contribution in [-0.2, 0) is 4.79 Å². The quantitative estimate of drug-likeness (QED) is 0.603. The first-order valence-corrected chi connectivity index (χ1v) is 9.00. The van der Waals surface area contributed by atoms with Crippen molar-refractivity contribution in [2.24, 2.45) is 0 Å². The highest BCUT2D eigenvalue weighted by atomic mass is 32.2. The van der Waals surface area contributed by atoms with Gasteiger partial charge in [0.05, 0.1) is 30.4 Å². The number of carbonyl (C=O) groups excluding carboxylic acids is 1. The van der Waals surface area contributed by atoms with Crippen LogP contribution < -0.4 is 14.4 Å². The van der Waals surface area contributed by atoms with Gasteiger partial charge in [-0.05, 0) is 36.4 Å². The zero-order chi connectivity index (χ0) is 19.6. The monoisotopic (exact) mass is 401 g/mol. The maximum atomic E-state index is 12.9. The highest BCUT2D eigenvalue weighted by molar-refractivity contribution is 8.27. The Balaban J connectivity index is 1.96. The van der Waals surface area contributed by atoms with Gasteiger partial charge in [-0.1, -0.05) is 30.0 Å². The molecule has 3 rings (SSSR count). The van der Waals surface area contributed by atoms with Crippen molar-refractivity contribution in [1.82, 2.24) is 0 Å². The molecule has 1 heterocycles. The van der Waals surface area contributed by atoms with E-state index in [1.807, 2.05) is 0 Å². The van der Waals surface area contributed by atoms with Gasteiger partial charge in [0.25, 0.3) is 5.91 Å². The Labute approximate surface area is 165 Å². The number of methoxy groups -OCH3 is 2. The van der Waals surface area contributed by atoms with E-state index in [4.69, 9.17) is 26.8 Å². The van der Waals surface area contributed by atoms with Crippen LogP contribution in [0.4, 0.5) is 5.69 Å². The van der Waals surface area contributed by atoms with E-state index in [9.17, 15) is 9.59 Å². The number of hydrogen-bond donors (Lipinski definition) is 1. The second-order valence-electron chi connectivity index (χ2n) is 5.48. The number of carboxylic acids is 1. The topological polar surface area (TPSA) is 76.1 Å². The van der Waals surface area contributed by atoms with Crippen molar-refractivity contribution in [3.63, 3.8) is 0 Å². The molecule has 2 aromatic rings. The highest BCUT2D eigenvalue weighted by Gasteiger charge is 2.33. The van der Waals surface area contributed by atoms with Crippen molar-refractivity contribution >= 4 is 51.9 Å². The minimum absolute atomic E-state index is 0.0855. The van der Waals surface area contributed by atoms with Crippen molar-refractivity contribution in [2.45, 2.75) is 0 Å². The second kappa shape index (κ2) is 7.81. The van der Waals surface area contributed by atoms with Gasteiger partial charge in [-0.25, -0.2) is 4.79 Å².